The van der Waals surface area contributed by atoms with Crippen molar-refractivity contribution in [2.24, 2.45) is 7.05 Å². The summed E-state index contributed by atoms with van der Waals surface area (Å²) in [6, 6.07) is 17.2. The summed E-state index contributed by atoms with van der Waals surface area (Å²) >= 11 is 1.38. The summed E-state index contributed by atoms with van der Waals surface area (Å²) in [6.07, 6.45) is 1.62. The van der Waals surface area contributed by atoms with Crippen molar-refractivity contribution in [3.8, 4) is 5.75 Å². The van der Waals surface area contributed by atoms with Crippen molar-refractivity contribution in [1.29, 1.82) is 0 Å². The lowest BCUT2D eigenvalue weighted by Crippen LogP contribution is -2.04. The van der Waals surface area contributed by atoms with E-state index in [1.807, 2.05) is 49.5 Å². The summed E-state index contributed by atoms with van der Waals surface area (Å²) in [5.74, 6) is 1.13. The van der Waals surface area contributed by atoms with Crippen molar-refractivity contribution in [3.05, 3.63) is 72.1 Å². The molecule has 0 aliphatic heterocycles. The van der Waals surface area contributed by atoms with E-state index in [9.17, 15) is 4.79 Å². The van der Waals surface area contributed by atoms with Crippen LogP contribution >= 0.6 is 11.8 Å². The van der Waals surface area contributed by atoms with Crippen LogP contribution in [0.2, 0.25) is 0 Å². The van der Waals surface area contributed by atoms with Crippen LogP contribution in [0.4, 0.5) is 0 Å². The summed E-state index contributed by atoms with van der Waals surface area (Å²) < 4.78 is 7.51. The van der Waals surface area contributed by atoms with Crippen molar-refractivity contribution in [2.75, 3.05) is 5.75 Å². The third kappa shape index (κ3) is 4.23. The van der Waals surface area contributed by atoms with Gasteiger partial charge in [0.25, 0.3) is 0 Å². The molecule has 0 N–H and O–H groups in total. The van der Waals surface area contributed by atoms with E-state index in [4.69, 9.17) is 4.74 Å². The number of nitrogens with zero attached hydrogens (tertiary/aromatic N) is 3. The van der Waals surface area contributed by atoms with Gasteiger partial charge in [-0.2, -0.15) is 0 Å². The van der Waals surface area contributed by atoms with E-state index < -0.39 is 0 Å². The summed E-state index contributed by atoms with van der Waals surface area (Å²) in [6.45, 7) is 0.510. The fraction of sp³-hybridized carbons (Fsp3) is 0.167. The van der Waals surface area contributed by atoms with Gasteiger partial charge in [-0.25, -0.2) is 0 Å². The van der Waals surface area contributed by atoms with Crippen molar-refractivity contribution >= 4 is 17.5 Å². The zero-order valence-corrected chi connectivity index (χ0v) is 14.1. The van der Waals surface area contributed by atoms with E-state index >= 15 is 0 Å². The minimum Gasteiger partial charge on any atom is -0.489 e. The maximum atomic E-state index is 12.2. The first-order valence-corrected chi connectivity index (χ1v) is 8.48. The Hall–Kier alpha value is -2.60. The Morgan fingerprint density at radius 1 is 1.12 bits per heavy atom. The molecule has 1 heterocycles. The molecular weight excluding hydrogens is 322 g/mol. The number of hydrogen-bond acceptors (Lipinski definition) is 5. The number of aryl methyl sites for hydroxylation is 1. The zero-order valence-electron chi connectivity index (χ0n) is 13.3. The van der Waals surface area contributed by atoms with E-state index in [1.165, 1.54) is 11.8 Å². The maximum absolute atomic E-state index is 12.2. The van der Waals surface area contributed by atoms with E-state index in [0.29, 0.717) is 17.9 Å². The molecule has 2 aromatic carbocycles. The normalized spacial score (nSPS) is 10.5. The van der Waals surface area contributed by atoms with E-state index in [2.05, 4.69) is 10.2 Å². The van der Waals surface area contributed by atoms with Gasteiger partial charge >= 0.3 is 0 Å². The standard InChI is InChI=1S/C18H17N3O2S/c1-21-13-19-20-18(21)24-12-17(22)15-7-9-16(10-8-15)23-11-14-5-3-2-4-6-14/h2-10,13H,11-12H2,1H3. The van der Waals surface area contributed by atoms with Crippen LogP contribution in [-0.4, -0.2) is 26.3 Å². The van der Waals surface area contributed by atoms with Crippen molar-refractivity contribution < 1.29 is 9.53 Å². The van der Waals surface area contributed by atoms with Gasteiger partial charge in [-0.3, -0.25) is 4.79 Å². The van der Waals surface area contributed by atoms with Gasteiger partial charge in [-0.15, -0.1) is 10.2 Å². The van der Waals surface area contributed by atoms with Gasteiger partial charge in [0, 0.05) is 12.6 Å². The molecule has 24 heavy (non-hydrogen) atoms. The van der Waals surface area contributed by atoms with Crippen LogP contribution in [0, 0.1) is 0 Å². The molecule has 0 bridgehead atoms. The molecule has 1 aromatic heterocycles. The molecule has 5 nitrogen and oxygen atoms in total. The molecule has 0 radical (unpaired) electrons. The van der Waals surface area contributed by atoms with Gasteiger partial charge in [0.05, 0.1) is 5.75 Å². The largest absolute Gasteiger partial charge is 0.489 e. The number of carbonyl (C=O) groups excluding carboxylic acids is 1. The molecule has 3 aromatic rings. The second-order valence-corrected chi connectivity index (χ2v) is 6.18. The lowest BCUT2D eigenvalue weighted by molar-refractivity contribution is 0.102. The molecule has 122 valence electrons. The minimum absolute atomic E-state index is 0.0533. The first-order chi connectivity index (χ1) is 11.7. The number of benzene rings is 2. The predicted octanol–water partition coefficient (Wildman–Crippen LogP) is 3.37. The molecule has 0 aliphatic carbocycles. The van der Waals surface area contributed by atoms with Gasteiger partial charge in [0.2, 0.25) is 0 Å². The maximum Gasteiger partial charge on any atom is 0.191 e. The quantitative estimate of drug-likeness (QED) is 0.488. The monoisotopic (exact) mass is 339 g/mol. The van der Waals surface area contributed by atoms with Crippen LogP contribution in [0.25, 0.3) is 0 Å². The molecule has 0 atom stereocenters. The van der Waals surface area contributed by atoms with E-state index in [-0.39, 0.29) is 5.78 Å². The van der Waals surface area contributed by atoms with Crippen LogP contribution in [0.1, 0.15) is 15.9 Å². The Labute approximate surface area is 144 Å². The molecule has 0 aliphatic rings. The summed E-state index contributed by atoms with van der Waals surface area (Å²) in [5.41, 5.74) is 1.77. The molecule has 3 rings (SSSR count). The van der Waals surface area contributed by atoms with E-state index in [0.717, 1.165) is 16.5 Å². The average molecular weight is 339 g/mol. The Morgan fingerprint density at radius 3 is 2.54 bits per heavy atom. The van der Waals surface area contributed by atoms with Crippen LogP contribution in [-0.2, 0) is 13.7 Å². The van der Waals surface area contributed by atoms with Crippen LogP contribution < -0.4 is 4.74 Å². The third-order valence-corrected chi connectivity index (χ3v) is 4.46. The highest BCUT2D eigenvalue weighted by Crippen LogP contribution is 2.18. The molecular formula is C18H17N3O2S. The molecule has 0 saturated carbocycles. The minimum atomic E-state index is 0.0533. The second-order valence-electron chi connectivity index (χ2n) is 5.23. The van der Waals surface area contributed by atoms with Gasteiger partial charge in [0.15, 0.2) is 10.9 Å². The number of aromatic nitrogens is 3. The van der Waals surface area contributed by atoms with Gasteiger partial charge in [-0.1, -0.05) is 42.1 Å². The highest BCUT2D eigenvalue weighted by atomic mass is 32.2. The Kier molecular flexibility index (Phi) is 5.28. The Bertz CT molecular complexity index is 801. The molecule has 0 fully saturated rings. The summed E-state index contributed by atoms with van der Waals surface area (Å²) in [7, 11) is 1.85. The number of thioether (sulfide) groups is 1. The second kappa shape index (κ2) is 7.79. The number of ether oxygens (including phenoxy) is 1. The van der Waals surface area contributed by atoms with Gasteiger partial charge in [0.1, 0.15) is 18.7 Å². The summed E-state index contributed by atoms with van der Waals surface area (Å²) in [5, 5.41) is 8.47. The zero-order chi connectivity index (χ0) is 16.8. The van der Waals surface area contributed by atoms with Crippen molar-refractivity contribution in [1.82, 2.24) is 14.8 Å². The lowest BCUT2D eigenvalue weighted by Gasteiger charge is -2.07. The van der Waals surface area contributed by atoms with Crippen LogP contribution in [0.5, 0.6) is 5.75 Å². The van der Waals surface area contributed by atoms with Crippen LogP contribution in [0.15, 0.2) is 66.1 Å². The van der Waals surface area contributed by atoms with Crippen molar-refractivity contribution in [3.63, 3.8) is 0 Å². The molecule has 0 spiro atoms. The van der Waals surface area contributed by atoms with Crippen molar-refractivity contribution in [2.45, 2.75) is 11.8 Å². The number of rotatable bonds is 7. The number of hydrogen-bond donors (Lipinski definition) is 0. The predicted molar refractivity (Wildman–Crippen MR) is 93.3 cm³/mol. The molecule has 0 unspecified atom stereocenters. The lowest BCUT2D eigenvalue weighted by atomic mass is 10.1. The molecule has 6 heteroatoms. The molecule has 0 amide bonds. The van der Waals surface area contributed by atoms with Gasteiger partial charge < -0.3 is 9.30 Å². The van der Waals surface area contributed by atoms with E-state index in [1.54, 1.807) is 23.0 Å². The fourth-order valence-corrected chi connectivity index (χ4v) is 2.88. The molecule has 0 saturated heterocycles. The Balaban J connectivity index is 1.53. The average Bonchev–Trinajstić information content (AvgIpc) is 3.04. The number of Topliss-reactive ketones (excluding diaryl/α,β-unsaturated/α-hetero) is 1. The summed E-state index contributed by atoms with van der Waals surface area (Å²) in [4.78, 5) is 12.2. The Morgan fingerprint density at radius 2 is 1.88 bits per heavy atom. The van der Waals surface area contributed by atoms with Crippen LogP contribution in [0.3, 0.4) is 0 Å². The highest BCUT2D eigenvalue weighted by Gasteiger charge is 2.09. The van der Waals surface area contributed by atoms with Gasteiger partial charge in [-0.05, 0) is 29.8 Å². The first kappa shape index (κ1) is 16.3. The fourth-order valence-electron chi connectivity index (χ4n) is 2.09. The first-order valence-electron chi connectivity index (χ1n) is 7.49. The highest BCUT2D eigenvalue weighted by molar-refractivity contribution is 7.99. The number of ketones is 1. The number of carbonyl (C=O) groups is 1. The third-order valence-electron chi connectivity index (χ3n) is 3.43. The SMILES string of the molecule is Cn1cnnc1SCC(=O)c1ccc(OCc2ccccc2)cc1. The topological polar surface area (TPSA) is 57.0 Å². The smallest absolute Gasteiger partial charge is 0.191 e.